The Hall–Kier alpha value is -2.18. The number of carbonyl (C=O) groups is 2. The second kappa shape index (κ2) is 5.85. The summed E-state index contributed by atoms with van der Waals surface area (Å²) < 4.78 is 0. The summed E-state index contributed by atoms with van der Waals surface area (Å²) >= 11 is 0. The minimum absolute atomic E-state index is 0.0521. The maximum Gasteiger partial charge on any atom is 0.339 e. The Morgan fingerprint density at radius 3 is 2.60 bits per heavy atom. The van der Waals surface area contributed by atoms with E-state index in [1.165, 1.54) is 6.20 Å². The third-order valence-corrected chi connectivity index (χ3v) is 3.55. The van der Waals surface area contributed by atoms with Crippen molar-refractivity contribution >= 4 is 17.8 Å². The van der Waals surface area contributed by atoms with E-state index in [1.807, 2.05) is 0 Å². The number of aryl methyl sites for hydroxylation is 1. The zero-order valence-corrected chi connectivity index (χ0v) is 11.4. The molecule has 1 amide bonds. The van der Waals surface area contributed by atoms with E-state index in [0.29, 0.717) is 11.6 Å². The Morgan fingerprint density at radius 2 is 2.10 bits per heavy atom. The molecule has 2 rings (SSSR count). The van der Waals surface area contributed by atoms with E-state index in [9.17, 15) is 9.59 Å². The third-order valence-electron chi connectivity index (χ3n) is 3.55. The molecule has 1 heterocycles. The van der Waals surface area contributed by atoms with Crippen LogP contribution in [0.2, 0.25) is 0 Å². The van der Waals surface area contributed by atoms with Crippen LogP contribution in [0.5, 0.6) is 0 Å². The van der Waals surface area contributed by atoms with Gasteiger partial charge in [0.1, 0.15) is 0 Å². The Balaban J connectivity index is 2.30. The van der Waals surface area contributed by atoms with Crippen molar-refractivity contribution in [2.75, 3.05) is 11.4 Å². The Kier molecular flexibility index (Phi) is 4.16. The molecule has 1 aliphatic carbocycles. The van der Waals surface area contributed by atoms with Gasteiger partial charge in [-0.25, -0.2) is 14.8 Å². The van der Waals surface area contributed by atoms with Crippen LogP contribution in [-0.4, -0.2) is 39.5 Å². The summed E-state index contributed by atoms with van der Waals surface area (Å²) in [5, 5.41) is 8.98. The molecule has 7 heteroatoms. The second-order valence-corrected chi connectivity index (χ2v) is 5.01. The van der Waals surface area contributed by atoms with Crippen molar-refractivity contribution in [1.82, 2.24) is 9.97 Å². The molecule has 0 bridgehead atoms. The standard InChI is InChI=1S/C13H18N4O3/c1-8-10(12(19)20)6-15-13(16-8)17(7-11(14)18)9-4-2-3-5-9/h6,9H,2-5,7H2,1H3,(H2,14,18)(H,19,20). The van der Waals surface area contributed by atoms with Crippen LogP contribution in [0.1, 0.15) is 41.7 Å². The Labute approximate surface area is 116 Å². The molecule has 7 nitrogen and oxygen atoms in total. The lowest BCUT2D eigenvalue weighted by Crippen LogP contribution is -2.41. The van der Waals surface area contributed by atoms with Crippen molar-refractivity contribution in [2.24, 2.45) is 5.73 Å². The zero-order chi connectivity index (χ0) is 14.7. The summed E-state index contributed by atoms with van der Waals surface area (Å²) in [5.74, 6) is -1.13. The number of aromatic carboxylic acids is 1. The summed E-state index contributed by atoms with van der Waals surface area (Å²) in [4.78, 5) is 32.3. The van der Waals surface area contributed by atoms with Crippen molar-refractivity contribution in [2.45, 2.75) is 38.6 Å². The predicted molar refractivity (Wildman–Crippen MR) is 72.5 cm³/mol. The van der Waals surface area contributed by atoms with Crippen LogP contribution >= 0.6 is 0 Å². The lowest BCUT2D eigenvalue weighted by Gasteiger charge is -2.27. The number of carboxylic acid groups (broad SMARTS) is 1. The smallest absolute Gasteiger partial charge is 0.339 e. The summed E-state index contributed by atoms with van der Waals surface area (Å²) in [6, 6.07) is 0.192. The van der Waals surface area contributed by atoms with Crippen LogP contribution < -0.4 is 10.6 Å². The third kappa shape index (κ3) is 3.04. The van der Waals surface area contributed by atoms with Crippen LogP contribution in [0.4, 0.5) is 5.95 Å². The predicted octanol–water partition coefficient (Wildman–Crippen LogP) is 0.718. The van der Waals surface area contributed by atoms with Gasteiger partial charge < -0.3 is 15.7 Å². The number of aromatic nitrogens is 2. The average Bonchev–Trinajstić information content (AvgIpc) is 2.88. The average molecular weight is 278 g/mol. The molecule has 108 valence electrons. The number of hydrogen-bond acceptors (Lipinski definition) is 5. The van der Waals surface area contributed by atoms with Crippen molar-refractivity contribution in [3.8, 4) is 0 Å². The summed E-state index contributed by atoms with van der Waals surface area (Å²) in [6.07, 6.45) is 5.42. The van der Waals surface area contributed by atoms with Crippen LogP contribution in [0.25, 0.3) is 0 Å². The maximum atomic E-state index is 11.2. The summed E-state index contributed by atoms with van der Waals surface area (Å²) in [7, 11) is 0. The number of anilines is 1. The van der Waals surface area contributed by atoms with Gasteiger partial charge in [0.25, 0.3) is 0 Å². The van der Waals surface area contributed by atoms with Crippen LogP contribution in [-0.2, 0) is 4.79 Å². The topological polar surface area (TPSA) is 109 Å². The largest absolute Gasteiger partial charge is 0.478 e. The molecule has 0 radical (unpaired) electrons. The monoisotopic (exact) mass is 278 g/mol. The molecular weight excluding hydrogens is 260 g/mol. The van der Waals surface area contributed by atoms with Crippen LogP contribution in [0.15, 0.2) is 6.20 Å². The van der Waals surface area contributed by atoms with Gasteiger partial charge in [-0.15, -0.1) is 0 Å². The van der Waals surface area contributed by atoms with Crippen molar-refractivity contribution in [3.63, 3.8) is 0 Å². The number of carboxylic acids is 1. The van der Waals surface area contributed by atoms with Gasteiger partial charge in [-0.05, 0) is 19.8 Å². The molecule has 1 aromatic rings. The number of nitrogens with zero attached hydrogens (tertiary/aromatic N) is 3. The number of amides is 1. The van der Waals surface area contributed by atoms with E-state index in [2.05, 4.69) is 9.97 Å². The van der Waals surface area contributed by atoms with Crippen LogP contribution in [0, 0.1) is 6.92 Å². The van der Waals surface area contributed by atoms with Gasteiger partial charge >= 0.3 is 5.97 Å². The van der Waals surface area contributed by atoms with Crippen molar-refractivity contribution in [1.29, 1.82) is 0 Å². The normalized spacial score (nSPS) is 15.2. The first-order valence-corrected chi connectivity index (χ1v) is 6.61. The minimum Gasteiger partial charge on any atom is -0.478 e. The fraction of sp³-hybridized carbons (Fsp3) is 0.538. The molecule has 0 unspecified atom stereocenters. The van der Waals surface area contributed by atoms with Gasteiger partial charge in [-0.3, -0.25) is 4.79 Å². The number of nitrogens with two attached hydrogens (primary N) is 1. The Bertz CT molecular complexity index is 526. The molecule has 20 heavy (non-hydrogen) atoms. The highest BCUT2D eigenvalue weighted by Gasteiger charge is 2.26. The molecule has 1 aromatic heterocycles. The Morgan fingerprint density at radius 1 is 1.45 bits per heavy atom. The highest BCUT2D eigenvalue weighted by atomic mass is 16.4. The maximum absolute atomic E-state index is 11.2. The molecule has 1 aliphatic rings. The van der Waals surface area contributed by atoms with Gasteiger partial charge in [0, 0.05) is 12.2 Å². The quantitative estimate of drug-likeness (QED) is 0.821. The second-order valence-electron chi connectivity index (χ2n) is 5.01. The highest BCUT2D eigenvalue weighted by Crippen LogP contribution is 2.26. The fourth-order valence-electron chi connectivity index (χ4n) is 2.55. The number of hydrogen-bond donors (Lipinski definition) is 2. The lowest BCUT2D eigenvalue weighted by atomic mass is 10.2. The minimum atomic E-state index is -1.06. The summed E-state index contributed by atoms with van der Waals surface area (Å²) in [5.41, 5.74) is 5.74. The first kappa shape index (κ1) is 14.2. The molecule has 0 aliphatic heterocycles. The molecule has 1 saturated carbocycles. The highest BCUT2D eigenvalue weighted by molar-refractivity contribution is 5.88. The fourth-order valence-corrected chi connectivity index (χ4v) is 2.55. The van der Waals surface area contributed by atoms with Gasteiger partial charge in [0.05, 0.1) is 17.8 Å². The molecular formula is C13H18N4O3. The number of carbonyl (C=O) groups excluding carboxylic acids is 1. The van der Waals surface area contributed by atoms with E-state index >= 15 is 0 Å². The molecule has 0 spiro atoms. The lowest BCUT2D eigenvalue weighted by molar-refractivity contribution is -0.116. The van der Waals surface area contributed by atoms with E-state index < -0.39 is 11.9 Å². The zero-order valence-electron chi connectivity index (χ0n) is 11.4. The van der Waals surface area contributed by atoms with E-state index in [0.717, 1.165) is 25.7 Å². The molecule has 0 saturated heterocycles. The van der Waals surface area contributed by atoms with Gasteiger partial charge in [0.2, 0.25) is 11.9 Å². The number of rotatable bonds is 5. The molecule has 1 fully saturated rings. The molecule has 3 N–H and O–H groups in total. The molecule has 0 aromatic carbocycles. The SMILES string of the molecule is Cc1nc(N(CC(N)=O)C2CCCC2)ncc1C(=O)O. The van der Waals surface area contributed by atoms with Crippen molar-refractivity contribution < 1.29 is 14.7 Å². The summed E-state index contributed by atoms with van der Waals surface area (Å²) in [6.45, 7) is 1.67. The first-order valence-electron chi connectivity index (χ1n) is 6.61. The van der Waals surface area contributed by atoms with E-state index in [4.69, 9.17) is 10.8 Å². The van der Waals surface area contributed by atoms with E-state index in [1.54, 1.807) is 11.8 Å². The number of primary amides is 1. The van der Waals surface area contributed by atoms with Crippen LogP contribution in [0.3, 0.4) is 0 Å². The van der Waals surface area contributed by atoms with Crippen molar-refractivity contribution in [3.05, 3.63) is 17.5 Å². The van der Waals surface area contributed by atoms with Gasteiger partial charge in [-0.1, -0.05) is 12.8 Å². The first-order chi connectivity index (χ1) is 9.49. The van der Waals surface area contributed by atoms with Gasteiger partial charge in [-0.2, -0.15) is 0 Å². The molecule has 0 atom stereocenters. The van der Waals surface area contributed by atoms with Gasteiger partial charge in [0.15, 0.2) is 0 Å². The van der Waals surface area contributed by atoms with E-state index in [-0.39, 0.29) is 18.2 Å².